The molecule has 8 nitrogen and oxygen atoms in total. The Morgan fingerprint density at radius 1 is 1.19 bits per heavy atom. The minimum absolute atomic E-state index is 0.318. The highest BCUT2D eigenvalue weighted by atomic mass is 31.2. The van der Waals surface area contributed by atoms with Crippen LogP contribution in [0.4, 0.5) is 0 Å². The highest BCUT2D eigenvalue weighted by molar-refractivity contribution is 7.53. The first-order chi connectivity index (χ1) is 9.68. The van der Waals surface area contributed by atoms with Gasteiger partial charge in [0.2, 0.25) is 0 Å². The van der Waals surface area contributed by atoms with Crippen LogP contribution in [0.2, 0.25) is 0 Å². The Kier molecular flexibility index (Phi) is 5.48. The Morgan fingerprint density at radius 2 is 1.76 bits per heavy atom. The average Bonchev–Trinajstić information content (AvgIpc) is 2.36. The third-order valence-corrected chi connectivity index (χ3v) is 4.25. The molecule has 0 heterocycles. The quantitative estimate of drug-likeness (QED) is 0.535. The van der Waals surface area contributed by atoms with Crippen LogP contribution in [0.25, 0.3) is 0 Å². The molecule has 0 aliphatic heterocycles. The molecule has 2 atom stereocenters. The molecule has 0 saturated heterocycles. The summed E-state index contributed by atoms with van der Waals surface area (Å²) in [5.74, 6) is -4.92. The van der Waals surface area contributed by atoms with Gasteiger partial charge >= 0.3 is 19.5 Å². The van der Waals surface area contributed by atoms with Crippen molar-refractivity contribution in [2.75, 3.05) is 7.11 Å². The zero-order valence-corrected chi connectivity index (χ0v) is 11.9. The summed E-state index contributed by atoms with van der Waals surface area (Å²) in [6.07, 6.45) is -0.374. The van der Waals surface area contributed by atoms with Gasteiger partial charge in [-0.25, -0.2) is 0 Å². The second-order valence-electron chi connectivity index (χ2n) is 4.33. The van der Waals surface area contributed by atoms with Gasteiger partial charge in [-0.2, -0.15) is 0 Å². The number of ether oxygens (including phenoxy) is 1. The zero-order valence-electron chi connectivity index (χ0n) is 11.0. The Hall–Kier alpha value is -1.89. The lowest BCUT2D eigenvalue weighted by molar-refractivity contribution is -0.148. The molecule has 0 saturated carbocycles. The van der Waals surface area contributed by atoms with Gasteiger partial charge in [0.1, 0.15) is 5.75 Å². The Labute approximate surface area is 120 Å². The molecular formula is C12H15O8P. The molecule has 0 aliphatic carbocycles. The van der Waals surface area contributed by atoms with Gasteiger partial charge < -0.3 is 24.7 Å². The molecule has 1 rings (SSSR count). The summed E-state index contributed by atoms with van der Waals surface area (Å²) in [6.45, 7) is 0. The van der Waals surface area contributed by atoms with E-state index in [9.17, 15) is 14.2 Å². The first-order valence-electron chi connectivity index (χ1n) is 5.81. The molecular weight excluding hydrogens is 303 g/mol. The van der Waals surface area contributed by atoms with Crippen LogP contribution in [0.3, 0.4) is 0 Å². The minimum Gasteiger partial charge on any atom is -0.496 e. The summed E-state index contributed by atoms with van der Waals surface area (Å²) in [6, 6.07) is 6.27. The monoisotopic (exact) mass is 318 g/mol. The number of rotatable bonds is 7. The van der Waals surface area contributed by atoms with Gasteiger partial charge in [-0.05, 0) is 18.1 Å². The first kappa shape index (κ1) is 17.2. The summed E-state index contributed by atoms with van der Waals surface area (Å²) in [7, 11) is -3.77. The molecule has 0 bridgehead atoms. The van der Waals surface area contributed by atoms with Crippen molar-refractivity contribution in [1.82, 2.24) is 0 Å². The van der Waals surface area contributed by atoms with Crippen molar-refractivity contribution in [2.24, 2.45) is 5.92 Å². The first-order valence-corrected chi connectivity index (χ1v) is 7.49. The summed E-state index contributed by atoms with van der Waals surface area (Å²) in [4.78, 5) is 40.5. The van der Waals surface area contributed by atoms with Crippen molar-refractivity contribution in [3.63, 3.8) is 0 Å². The zero-order chi connectivity index (χ0) is 16.2. The number of hydrogen-bond acceptors (Lipinski definition) is 4. The number of carbonyl (C=O) groups is 2. The van der Waals surface area contributed by atoms with Crippen molar-refractivity contribution in [2.45, 2.75) is 12.1 Å². The van der Waals surface area contributed by atoms with Gasteiger partial charge in [-0.3, -0.25) is 14.2 Å². The van der Waals surface area contributed by atoms with Crippen LogP contribution < -0.4 is 4.74 Å². The SMILES string of the molecule is COc1ccccc1CC(C(=O)O)C(C(=O)O)P(=O)(O)O. The van der Waals surface area contributed by atoms with Crippen molar-refractivity contribution in [3.8, 4) is 5.75 Å². The second kappa shape index (κ2) is 6.71. The van der Waals surface area contributed by atoms with E-state index < -0.39 is 31.1 Å². The lowest BCUT2D eigenvalue weighted by Gasteiger charge is -2.22. The number of hydrogen-bond donors (Lipinski definition) is 4. The maximum Gasteiger partial charge on any atom is 0.340 e. The van der Waals surface area contributed by atoms with E-state index in [0.717, 1.165) is 0 Å². The van der Waals surface area contributed by atoms with Crippen molar-refractivity contribution in [3.05, 3.63) is 29.8 Å². The van der Waals surface area contributed by atoms with Crippen LogP contribution in [0.15, 0.2) is 24.3 Å². The number of para-hydroxylation sites is 1. The van der Waals surface area contributed by atoms with Gasteiger partial charge in [0.25, 0.3) is 0 Å². The number of benzene rings is 1. The average molecular weight is 318 g/mol. The van der Waals surface area contributed by atoms with E-state index in [1.165, 1.54) is 13.2 Å². The maximum absolute atomic E-state index is 11.3. The molecule has 21 heavy (non-hydrogen) atoms. The highest BCUT2D eigenvalue weighted by Crippen LogP contribution is 2.46. The molecule has 0 amide bonds. The molecule has 1 aromatic carbocycles. The smallest absolute Gasteiger partial charge is 0.340 e. The van der Waals surface area contributed by atoms with E-state index in [1.807, 2.05) is 0 Å². The van der Waals surface area contributed by atoms with Gasteiger partial charge in [0.05, 0.1) is 13.0 Å². The third kappa shape index (κ3) is 4.29. The van der Waals surface area contributed by atoms with Crippen LogP contribution in [-0.2, 0) is 20.6 Å². The molecule has 0 spiro atoms. The van der Waals surface area contributed by atoms with E-state index in [4.69, 9.17) is 24.7 Å². The molecule has 4 N–H and O–H groups in total. The predicted molar refractivity (Wildman–Crippen MR) is 71.3 cm³/mol. The molecule has 116 valence electrons. The maximum atomic E-state index is 11.3. The number of methoxy groups -OCH3 is 1. The van der Waals surface area contributed by atoms with Gasteiger partial charge in [-0.1, -0.05) is 18.2 Å². The fraction of sp³-hybridized carbons (Fsp3) is 0.333. The van der Waals surface area contributed by atoms with Crippen molar-refractivity contribution < 1.29 is 38.9 Å². The van der Waals surface area contributed by atoms with Crippen LogP contribution in [0.1, 0.15) is 5.56 Å². The molecule has 0 fully saturated rings. The lowest BCUT2D eigenvalue weighted by atomic mass is 9.95. The van der Waals surface area contributed by atoms with Gasteiger partial charge in [0, 0.05) is 0 Å². The molecule has 0 aromatic heterocycles. The van der Waals surface area contributed by atoms with E-state index >= 15 is 0 Å². The summed E-state index contributed by atoms with van der Waals surface area (Å²) in [5.41, 5.74) is -1.97. The van der Waals surface area contributed by atoms with Gasteiger partial charge in [0.15, 0.2) is 5.66 Å². The molecule has 1 aromatic rings. The highest BCUT2D eigenvalue weighted by Gasteiger charge is 2.46. The van der Waals surface area contributed by atoms with Crippen LogP contribution in [0.5, 0.6) is 5.75 Å². The molecule has 0 radical (unpaired) electrons. The van der Waals surface area contributed by atoms with E-state index in [-0.39, 0.29) is 6.42 Å². The van der Waals surface area contributed by atoms with E-state index in [2.05, 4.69) is 0 Å². The van der Waals surface area contributed by atoms with Crippen molar-refractivity contribution in [1.29, 1.82) is 0 Å². The van der Waals surface area contributed by atoms with Crippen molar-refractivity contribution >= 4 is 19.5 Å². The third-order valence-electron chi connectivity index (χ3n) is 2.95. The fourth-order valence-corrected chi connectivity index (χ4v) is 2.98. The summed E-state index contributed by atoms with van der Waals surface area (Å²) >= 11 is 0. The summed E-state index contributed by atoms with van der Waals surface area (Å²) < 4.78 is 16.3. The largest absolute Gasteiger partial charge is 0.496 e. The van der Waals surface area contributed by atoms with E-state index in [1.54, 1.807) is 18.2 Å². The number of aliphatic carboxylic acids is 2. The van der Waals surface area contributed by atoms with Crippen LogP contribution >= 0.6 is 7.60 Å². The minimum atomic E-state index is -5.12. The van der Waals surface area contributed by atoms with Crippen LogP contribution in [-0.4, -0.2) is 44.7 Å². The second-order valence-corrected chi connectivity index (χ2v) is 6.07. The van der Waals surface area contributed by atoms with Crippen LogP contribution in [0, 0.1) is 5.92 Å². The Bertz CT molecular complexity index is 578. The predicted octanol–water partition coefficient (Wildman–Crippen LogP) is 0.569. The van der Waals surface area contributed by atoms with E-state index in [0.29, 0.717) is 11.3 Å². The van der Waals surface area contributed by atoms with Gasteiger partial charge in [-0.15, -0.1) is 0 Å². The molecule has 2 unspecified atom stereocenters. The normalized spacial score (nSPS) is 14.2. The fourth-order valence-electron chi connectivity index (χ4n) is 1.99. The Balaban J connectivity index is 3.21. The molecule has 9 heteroatoms. The number of carboxylic acid groups (broad SMARTS) is 2. The Morgan fingerprint density at radius 3 is 2.19 bits per heavy atom. The standard InChI is InChI=1S/C12H15O8P/c1-20-9-5-3-2-4-7(9)6-8(11(13)14)10(12(15)16)21(17,18)19/h2-5,8,10H,6H2,1H3,(H,13,14)(H,15,16)(H2,17,18,19). The lowest BCUT2D eigenvalue weighted by Crippen LogP contribution is -2.36. The summed E-state index contributed by atoms with van der Waals surface area (Å²) in [5, 5.41) is 18.1. The molecule has 0 aliphatic rings. The number of carboxylic acids is 2. The topological polar surface area (TPSA) is 141 Å².